The average Bonchev–Trinajstić information content (AvgIpc) is 3.02. The normalized spacial score (nSPS) is 17.7. The number of fused-ring (bicyclic) bond motifs is 1. The van der Waals surface area contributed by atoms with Crippen LogP contribution in [0.15, 0.2) is 35.1 Å². The Kier molecular flexibility index (Phi) is 5.13. The van der Waals surface area contributed by atoms with E-state index < -0.39 is 0 Å². The molecule has 1 heterocycles. The smallest absolute Gasteiger partial charge is 0.181 e. The van der Waals surface area contributed by atoms with Crippen LogP contribution in [0.4, 0.5) is 0 Å². The summed E-state index contributed by atoms with van der Waals surface area (Å²) in [5.41, 5.74) is 3.84. The van der Waals surface area contributed by atoms with Crippen LogP contribution < -0.4 is 0 Å². The lowest BCUT2D eigenvalue weighted by molar-refractivity contribution is 0.129. The Morgan fingerprint density at radius 1 is 1.35 bits per heavy atom. The number of rotatable bonds is 6. The molecular formula is C19H26N2O2. The van der Waals surface area contributed by atoms with Crippen LogP contribution in [-0.2, 0) is 13.0 Å². The zero-order valence-corrected chi connectivity index (χ0v) is 14.0. The van der Waals surface area contributed by atoms with Gasteiger partial charge >= 0.3 is 0 Å². The Morgan fingerprint density at radius 3 is 2.96 bits per heavy atom. The lowest BCUT2D eigenvalue weighted by atomic mass is 9.86. The molecule has 0 spiro atoms. The Balaban J connectivity index is 1.86. The van der Waals surface area contributed by atoms with Gasteiger partial charge in [0, 0.05) is 25.0 Å². The van der Waals surface area contributed by atoms with Crippen LogP contribution >= 0.6 is 0 Å². The van der Waals surface area contributed by atoms with E-state index in [1.807, 2.05) is 0 Å². The van der Waals surface area contributed by atoms with Crippen molar-refractivity contribution in [1.82, 2.24) is 9.88 Å². The molecule has 0 aliphatic heterocycles. The Bertz CT molecular complexity index is 636. The summed E-state index contributed by atoms with van der Waals surface area (Å²) in [4.78, 5) is 6.77. The number of hydrogen-bond donors (Lipinski definition) is 1. The molecule has 0 amide bonds. The van der Waals surface area contributed by atoms with E-state index in [1.165, 1.54) is 23.9 Å². The van der Waals surface area contributed by atoms with Crippen LogP contribution in [0, 0.1) is 0 Å². The highest BCUT2D eigenvalue weighted by Gasteiger charge is 2.27. The third-order valence-electron chi connectivity index (χ3n) is 4.72. The second-order valence-corrected chi connectivity index (χ2v) is 6.62. The molecule has 3 rings (SSSR count). The Labute approximate surface area is 138 Å². The summed E-state index contributed by atoms with van der Waals surface area (Å²) in [5.74, 6) is 1.28. The summed E-state index contributed by atoms with van der Waals surface area (Å²) in [5, 5.41) is 9.54. The molecule has 1 atom stereocenters. The number of aryl methyl sites for hydroxylation is 1. The zero-order valence-electron chi connectivity index (χ0n) is 14.0. The molecule has 1 aliphatic carbocycles. The molecule has 1 unspecified atom stereocenters. The summed E-state index contributed by atoms with van der Waals surface area (Å²) in [6, 6.07) is 9.05. The van der Waals surface area contributed by atoms with Gasteiger partial charge < -0.3 is 9.52 Å². The minimum atomic E-state index is 0.160. The number of nitrogens with zero attached hydrogens (tertiary/aromatic N) is 2. The highest BCUT2D eigenvalue weighted by atomic mass is 16.3. The topological polar surface area (TPSA) is 49.5 Å². The van der Waals surface area contributed by atoms with Gasteiger partial charge in [0.05, 0.1) is 12.3 Å². The third kappa shape index (κ3) is 3.48. The average molecular weight is 314 g/mol. The van der Waals surface area contributed by atoms with Gasteiger partial charge in [-0.05, 0) is 30.4 Å². The predicted octanol–water partition coefficient (Wildman–Crippen LogP) is 3.67. The van der Waals surface area contributed by atoms with Crippen LogP contribution in [0.5, 0.6) is 0 Å². The van der Waals surface area contributed by atoms with Crippen molar-refractivity contribution in [1.29, 1.82) is 0 Å². The van der Waals surface area contributed by atoms with Gasteiger partial charge in [-0.2, -0.15) is 0 Å². The molecule has 1 aromatic heterocycles. The number of benzene rings is 1. The fourth-order valence-electron chi connectivity index (χ4n) is 3.64. The first-order valence-corrected chi connectivity index (χ1v) is 8.55. The van der Waals surface area contributed by atoms with Gasteiger partial charge in [0.25, 0.3) is 0 Å². The molecule has 0 radical (unpaired) electrons. The second kappa shape index (κ2) is 7.28. The number of oxazole rings is 1. The first kappa shape index (κ1) is 16.2. The molecule has 0 saturated heterocycles. The van der Waals surface area contributed by atoms with Crippen molar-refractivity contribution in [3.63, 3.8) is 0 Å². The molecule has 4 nitrogen and oxygen atoms in total. The van der Waals surface area contributed by atoms with E-state index >= 15 is 0 Å². The van der Waals surface area contributed by atoms with Gasteiger partial charge in [-0.25, -0.2) is 4.98 Å². The third-order valence-corrected chi connectivity index (χ3v) is 4.72. The number of aliphatic hydroxyl groups is 1. The minimum Gasteiger partial charge on any atom is -0.448 e. The monoisotopic (exact) mass is 314 g/mol. The molecule has 1 N–H and O–H groups in total. The van der Waals surface area contributed by atoms with Crippen molar-refractivity contribution in [3.05, 3.63) is 53.2 Å². The SMILES string of the molecule is CC(C)c1ocnc1CN(CCO)C1CCCc2ccccc21. The quantitative estimate of drug-likeness (QED) is 0.884. The summed E-state index contributed by atoms with van der Waals surface area (Å²) in [7, 11) is 0. The maximum absolute atomic E-state index is 9.54. The van der Waals surface area contributed by atoms with Crippen LogP contribution in [0.1, 0.15) is 61.2 Å². The van der Waals surface area contributed by atoms with E-state index in [2.05, 4.69) is 48.0 Å². The van der Waals surface area contributed by atoms with E-state index in [4.69, 9.17) is 4.42 Å². The lowest BCUT2D eigenvalue weighted by Gasteiger charge is -2.35. The standard InChI is InChI=1S/C19H26N2O2/c1-14(2)19-17(20-13-23-19)12-21(10-11-22)18-9-5-7-15-6-3-4-8-16(15)18/h3-4,6,8,13-14,18,22H,5,7,9-12H2,1-2H3. The van der Waals surface area contributed by atoms with E-state index in [0.29, 0.717) is 18.5 Å². The van der Waals surface area contributed by atoms with Crippen molar-refractivity contribution in [3.8, 4) is 0 Å². The highest BCUT2D eigenvalue weighted by Crippen LogP contribution is 2.35. The molecule has 0 saturated carbocycles. The van der Waals surface area contributed by atoms with Crippen LogP contribution in [0.2, 0.25) is 0 Å². The molecule has 0 fully saturated rings. The fourth-order valence-corrected chi connectivity index (χ4v) is 3.64. The van der Waals surface area contributed by atoms with Gasteiger partial charge in [-0.15, -0.1) is 0 Å². The number of aromatic nitrogens is 1. The maximum atomic E-state index is 9.54. The first-order chi connectivity index (χ1) is 11.2. The van der Waals surface area contributed by atoms with Crippen molar-refractivity contribution in [2.45, 2.75) is 51.6 Å². The molecule has 23 heavy (non-hydrogen) atoms. The Morgan fingerprint density at radius 2 is 2.17 bits per heavy atom. The van der Waals surface area contributed by atoms with Crippen LogP contribution in [-0.4, -0.2) is 28.1 Å². The molecule has 1 aliphatic rings. The molecule has 0 bridgehead atoms. The second-order valence-electron chi connectivity index (χ2n) is 6.62. The first-order valence-electron chi connectivity index (χ1n) is 8.55. The summed E-state index contributed by atoms with van der Waals surface area (Å²) in [6.07, 6.45) is 5.02. The zero-order chi connectivity index (χ0) is 16.2. The van der Waals surface area contributed by atoms with Crippen molar-refractivity contribution in [2.75, 3.05) is 13.2 Å². The van der Waals surface area contributed by atoms with Gasteiger partial charge in [0.15, 0.2) is 6.39 Å². The minimum absolute atomic E-state index is 0.160. The van der Waals surface area contributed by atoms with Crippen molar-refractivity contribution >= 4 is 0 Å². The van der Waals surface area contributed by atoms with Gasteiger partial charge in [0.1, 0.15) is 5.76 Å². The van der Waals surface area contributed by atoms with E-state index in [9.17, 15) is 5.11 Å². The van der Waals surface area contributed by atoms with Crippen LogP contribution in [0.3, 0.4) is 0 Å². The molecule has 1 aromatic carbocycles. The van der Waals surface area contributed by atoms with Gasteiger partial charge in [-0.1, -0.05) is 38.1 Å². The van der Waals surface area contributed by atoms with Crippen LogP contribution in [0.25, 0.3) is 0 Å². The van der Waals surface area contributed by atoms with Crippen molar-refractivity contribution < 1.29 is 9.52 Å². The molecule has 124 valence electrons. The number of hydrogen-bond acceptors (Lipinski definition) is 4. The van der Waals surface area contributed by atoms with E-state index in [1.54, 1.807) is 0 Å². The predicted molar refractivity (Wildman–Crippen MR) is 90.2 cm³/mol. The molecule has 2 aromatic rings. The highest BCUT2D eigenvalue weighted by molar-refractivity contribution is 5.32. The molecular weight excluding hydrogens is 288 g/mol. The summed E-state index contributed by atoms with van der Waals surface area (Å²) < 4.78 is 5.56. The lowest BCUT2D eigenvalue weighted by Crippen LogP contribution is -2.33. The summed E-state index contributed by atoms with van der Waals surface area (Å²) >= 11 is 0. The largest absolute Gasteiger partial charge is 0.448 e. The van der Waals surface area contributed by atoms with Crippen molar-refractivity contribution in [2.24, 2.45) is 0 Å². The summed E-state index contributed by atoms with van der Waals surface area (Å²) in [6.45, 7) is 5.78. The van der Waals surface area contributed by atoms with E-state index in [-0.39, 0.29) is 6.61 Å². The van der Waals surface area contributed by atoms with E-state index in [0.717, 1.165) is 30.8 Å². The molecule has 4 heteroatoms. The van der Waals surface area contributed by atoms with Gasteiger partial charge in [-0.3, -0.25) is 4.90 Å². The Hall–Kier alpha value is -1.65. The number of aliphatic hydroxyl groups excluding tert-OH is 1. The fraction of sp³-hybridized carbons (Fsp3) is 0.526. The maximum Gasteiger partial charge on any atom is 0.181 e. The van der Waals surface area contributed by atoms with Gasteiger partial charge in [0.2, 0.25) is 0 Å².